The standard InChI is InChI=1S/C9H11ClN4/c1-6-4-8(11)13-14(6)9-3-2-7(10)5-12-9/h2-3,5-6H,4H2,1H3,(H2,11,13)/t6-/m1/s1. The van der Waals surface area contributed by atoms with Crippen molar-refractivity contribution in [2.45, 2.75) is 19.4 Å². The van der Waals surface area contributed by atoms with Crippen LogP contribution in [-0.4, -0.2) is 16.9 Å². The highest BCUT2D eigenvalue weighted by Gasteiger charge is 2.22. The Balaban J connectivity index is 2.27. The summed E-state index contributed by atoms with van der Waals surface area (Å²) in [6, 6.07) is 3.89. The van der Waals surface area contributed by atoms with Crippen LogP contribution in [0, 0.1) is 0 Å². The summed E-state index contributed by atoms with van der Waals surface area (Å²) in [7, 11) is 0. The predicted octanol–water partition coefficient (Wildman–Crippen LogP) is 1.61. The molecule has 0 bridgehead atoms. The number of hydrazone groups is 1. The second-order valence-electron chi connectivity index (χ2n) is 3.32. The number of nitrogens with zero attached hydrogens (tertiary/aromatic N) is 3. The van der Waals surface area contributed by atoms with Crippen LogP contribution in [0.1, 0.15) is 13.3 Å². The van der Waals surface area contributed by atoms with Crippen molar-refractivity contribution in [3.8, 4) is 0 Å². The third kappa shape index (κ3) is 1.65. The maximum atomic E-state index is 5.74. The molecular weight excluding hydrogens is 200 g/mol. The van der Waals surface area contributed by atoms with E-state index in [2.05, 4.69) is 17.0 Å². The molecule has 5 heteroatoms. The molecular formula is C9H11ClN4. The summed E-state index contributed by atoms with van der Waals surface area (Å²) < 4.78 is 0. The van der Waals surface area contributed by atoms with Gasteiger partial charge in [0.1, 0.15) is 11.7 Å². The van der Waals surface area contributed by atoms with Gasteiger partial charge in [-0.25, -0.2) is 9.99 Å². The van der Waals surface area contributed by atoms with Gasteiger partial charge in [0.15, 0.2) is 0 Å². The highest BCUT2D eigenvalue weighted by Crippen LogP contribution is 2.21. The fraction of sp³-hybridized carbons (Fsp3) is 0.333. The summed E-state index contributed by atoms with van der Waals surface area (Å²) in [5.41, 5.74) is 5.64. The van der Waals surface area contributed by atoms with Gasteiger partial charge in [0.05, 0.1) is 11.1 Å². The average molecular weight is 211 g/mol. The smallest absolute Gasteiger partial charge is 0.149 e. The fourth-order valence-corrected chi connectivity index (χ4v) is 1.56. The van der Waals surface area contributed by atoms with Crippen molar-refractivity contribution in [2.75, 3.05) is 5.01 Å². The molecule has 1 atom stereocenters. The highest BCUT2D eigenvalue weighted by molar-refractivity contribution is 6.30. The topological polar surface area (TPSA) is 54.5 Å². The molecule has 1 aliphatic rings. The summed E-state index contributed by atoms with van der Waals surface area (Å²) in [5, 5.41) is 6.63. The Labute approximate surface area is 87.4 Å². The second-order valence-corrected chi connectivity index (χ2v) is 3.76. The number of hydrogen-bond acceptors (Lipinski definition) is 4. The molecule has 0 saturated carbocycles. The van der Waals surface area contributed by atoms with Gasteiger partial charge in [0.25, 0.3) is 0 Å². The molecule has 0 spiro atoms. The van der Waals surface area contributed by atoms with E-state index in [1.807, 2.05) is 11.1 Å². The van der Waals surface area contributed by atoms with Crippen LogP contribution in [0.2, 0.25) is 5.02 Å². The Morgan fingerprint density at radius 1 is 1.57 bits per heavy atom. The van der Waals surface area contributed by atoms with Gasteiger partial charge < -0.3 is 5.73 Å². The molecule has 0 fully saturated rings. The maximum absolute atomic E-state index is 5.74. The number of aromatic nitrogens is 1. The van der Waals surface area contributed by atoms with Gasteiger partial charge in [-0.1, -0.05) is 11.6 Å². The molecule has 1 aromatic heterocycles. The van der Waals surface area contributed by atoms with E-state index in [1.165, 1.54) is 0 Å². The number of nitrogens with two attached hydrogens (primary N) is 1. The number of anilines is 1. The van der Waals surface area contributed by atoms with Crippen molar-refractivity contribution < 1.29 is 0 Å². The Kier molecular flexibility index (Phi) is 2.29. The molecule has 2 N–H and O–H groups in total. The Morgan fingerprint density at radius 3 is 2.86 bits per heavy atom. The van der Waals surface area contributed by atoms with Crippen LogP contribution in [-0.2, 0) is 0 Å². The van der Waals surface area contributed by atoms with E-state index in [0.717, 1.165) is 12.2 Å². The van der Waals surface area contributed by atoms with Crippen LogP contribution in [0.3, 0.4) is 0 Å². The summed E-state index contributed by atoms with van der Waals surface area (Å²) in [5.74, 6) is 1.43. The summed E-state index contributed by atoms with van der Waals surface area (Å²) >= 11 is 5.74. The quantitative estimate of drug-likeness (QED) is 0.766. The minimum atomic E-state index is 0.267. The van der Waals surface area contributed by atoms with Crippen molar-refractivity contribution in [2.24, 2.45) is 10.8 Å². The Hall–Kier alpha value is -1.29. The fourth-order valence-electron chi connectivity index (χ4n) is 1.45. The lowest BCUT2D eigenvalue weighted by molar-refractivity contribution is 0.713. The zero-order chi connectivity index (χ0) is 10.1. The van der Waals surface area contributed by atoms with E-state index in [-0.39, 0.29) is 6.04 Å². The molecule has 2 heterocycles. The van der Waals surface area contributed by atoms with Crippen LogP contribution in [0.25, 0.3) is 0 Å². The van der Waals surface area contributed by atoms with Gasteiger partial charge in [-0.15, -0.1) is 0 Å². The molecule has 0 unspecified atom stereocenters. The number of halogens is 1. The van der Waals surface area contributed by atoms with Crippen molar-refractivity contribution >= 4 is 23.3 Å². The van der Waals surface area contributed by atoms with Crippen molar-refractivity contribution in [1.82, 2.24) is 4.98 Å². The molecule has 0 radical (unpaired) electrons. The first-order valence-electron chi connectivity index (χ1n) is 4.40. The summed E-state index contributed by atoms with van der Waals surface area (Å²) in [4.78, 5) is 4.18. The van der Waals surface area contributed by atoms with Crippen LogP contribution in [0.15, 0.2) is 23.4 Å². The zero-order valence-electron chi connectivity index (χ0n) is 7.81. The Morgan fingerprint density at radius 2 is 2.36 bits per heavy atom. The minimum absolute atomic E-state index is 0.267. The van der Waals surface area contributed by atoms with Gasteiger partial charge in [0, 0.05) is 12.6 Å². The number of hydrogen-bond donors (Lipinski definition) is 1. The largest absolute Gasteiger partial charge is 0.386 e. The van der Waals surface area contributed by atoms with Crippen LogP contribution in [0.4, 0.5) is 5.82 Å². The van der Waals surface area contributed by atoms with Gasteiger partial charge in [-0.3, -0.25) is 0 Å². The lowest BCUT2D eigenvalue weighted by Gasteiger charge is -2.18. The molecule has 0 aromatic carbocycles. The van der Waals surface area contributed by atoms with Crippen LogP contribution >= 0.6 is 11.6 Å². The molecule has 74 valence electrons. The first-order chi connectivity index (χ1) is 6.66. The molecule has 0 aliphatic carbocycles. The SMILES string of the molecule is C[C@@H]1CC(N)=NN1c1ccc(Cl)cn1. The zero-order valence-corrected chi connectivity index (χ0v) is 8.57. The van der Waals surface area contributed by atoms with E-state index in [1.54, 1.807) is 12.3 Å². The van der Waals surface area contributed by atoms with Crippen LogP contribution < -0.4 is 10.7 Å². The minimum Gasteiger partial charge on any atom is -0.386 e. The number of amidine groups is 1. The van der Waals surface area contributed by atoms with E-state index in [4.69, 9.17) is 17.3 Å². The van der Waals surface area contributed by atoms with Gasteiger partial charge in [-0.2, -0.15) is 5.10 Å². The number of pyridine rings is 1. The first kappa shape index (κ1) is 9.27. The van der Waals surface area contributed by atoms with Crippen molar-refractivity contribution in [1.29, 1.82) is 0 Å². The summed E-state index contributed by atoms with van der Waals surface area (Å²) in [6.45, 7) is 2.06. The van der Waals surface area contributed by atoms with E-state index >= 15 is 0 Å². The monoisotopic (exact) mass is 210 g/mol. The Bertz CT molecular complexity index is 360. The third-order valence-corrected chi connectivity index (χ3v) is 2.33. The lowest BCUT2D eigenvalue weighted by Crippen LogP contribution is -2.23. The molecule has 14 heavy (non-hydrogen) atoms. The molecule has 1 aromatic rings. The number of rotatable bonds is 1. The van der Waals surface area contributed by atoms with Gasteiger partial charge in [-0.05, 0) is 19.1 Å². The third-order valence-electron chi connectivity index (χ3n) is 2.10. The summed E-state index contributed by atoms with van der Waals surface area (Å²) in [6.07, 6.45) is 2.39. The van der Waals surface area contributed by atoms with Crippen LogP contribution in [0.5, 0.6) is 0 Å². The van der Waals surface area contributed by atoms with E-state index in [9.17, 15) is 0 Å². The normalized spacial score (nSPS) is 21.1. The van der Waals surface area contributed by atoms with Gasteiger partial charge >= 0.3 is 0 Å². The average Bonchev–Trinajstić information content (AvgIpc) is 2.47. The molecule has 4 nitrogen and oxygen atoms in total. The highest BCUT2D eigenvalue weighted by atomic mass is 35.5. The molecule has 1 aliphatic heterocycles. The molecule has 2 rings (SSSR count). The molecule has 0 saturated heterocycles. The van der Waals surface area contributed by atoms with Crippen molar-refractivity contribution in [3.63, 3.8) is 0 Å². The van der Waals surface area contributed by atoms with Crippen molar-refractivity contribution in [3.05, 3.63) is 23.4 Å². The van der Waals surface area contributed by atoms with E-state index < -0.39 is 0 Å². The van der Waals surface area contributed by atoms with Gasteiger partial charge in [0.2, 0.25) is 0 Å². The lowest BCUT2D eigenvalue weighted by atomic mass is 10.2. The predicted molar refractivity (Wildman–Crippen MR) is 57.4 cm³/mol. The van der Waals surface area contributed by atoms with E-state index in [0.29, 0.717) is 10.9 Å². The maximum Gasteiger partial charge on any atom is 0.149 e. The second kappa shape index (κ2) is 3.46. The first-order valence-corrected chi connectivity index (χ1v) is 4.78. The molecule has 0 amide bonds.